The van der Waals surface area contributed by atoms with Crippen LogP contribution in [0.15, 0.2) is 16.5 Å². The lowest BCUT2D eigenvalue weighted by molar-refractivity contribution is -0.163. The third kappa shape index (κ3) is 14.7. The number of aromatic nitrogens is 1. The lowest BCUT2D eigenvalue weighted by Gasteiger charge is -2.36. The summed E-state index contributed by atoms with van der Waals surface area (Å²) in [5, 5.41) is 23.9. The lowest BCUT2D eigenvalue weighted by atomic mass is 9.98. The maximum atomic E-state index is 15.8. The topological polar surface area (TPSA) is 375 Å². The van der Waals surface area contributed by atoms with Gasteiger partial charge in [-0.2, -0.15) is 0 Å². The number of aliphatic carboxylic acids is 1. The number of aryl methyl sites for hydroxylation is 3. The molecule has 4 saturated heterocycles. The normalized spacial score (nSPS) is 25.5. The van der Waals surface area contributed by atoms with Crippen LogP contribution in [0.2, 0.25) is 0 Å². The Bertz CT molecular complexity index is 3640. The number of esters is 2. The van der Waals surface area contributed by atoms with Crippen molar-refractivity contribution in [3.63, 3.8) is 0 Å². The van der Waals surface area contributed by atoms with Crippen molar-refractivity contribution < 1.29 is 86.1 Å². The maximum absolute atomic E-state index is 15.8. The molecule has 1 aromatic heterocycles. The zero-order chi connectivity index (χ0) is 71.0. The summed E-state index contributed by atoms with van der Waals surface area (Å²) in [7, 11) is 5.60. The van der Waals surface area contributed by atoms with E-state index in [0.717, 1.165) is 9.80 Å². The second kappa shape index (κ2) is 29.3. The molecule has 3 aromatic rings. The number of carbonyl (C=O) groups is 13. The van der Waals surface area contributed by atoms with Gasteiger partial charge in [-0.15, -0.1) is 0 Å². The number of anilines is 2. The summed E-state index contributed by atoms with van der Waals surface area (Å²) in [6.07, 6.45) is -2.39. The third-order valence-corrected chi connectivity index (χ3v) is 18.5. The fourth-order valence-corrected chi connectivity index (χ4v) is 13.1. The molecule has 0 radical (unpaired) electrons. The van der Waals surface area contributed by atoms with Gasteiger partial charge in [0.25, 0.3) is 11.8 Å². The summed E-state index contributed by atoms with van der Waals surface area (Å²) in [6, 6.07) is -7.83. The Morgan fingerprint density at radius 3 is 1.52 bits per heavy atom. The third-order valence-electron chi connectivity index (χ3n) is 18.5. The summed E-state index contributed by atoms with van der Waals surface area (Å²) in [5.41, 5.74) is -0.521. The van der Waals surface area contributed by atoms with Gasteiger partial charge < -0.3 is 79.7 Å². The minimum atomic E-state index is -1.87. The number of likely N-dealkylation sites (N-methyl/N-ethyl adjacent to an activating group) is 4. The highest BCUT2D eigenvalue weighted by Gasteiger charge is 2.47. The highest BCUT2D eigenvalue weighted by atomic mass is 16.6. The summed E-state index contributed by atoms with van der Waals surface area (Å²) in [6.45, 7) is 18.7. The van der Waals surface area contributed by atoms with Crippen molar-refractivity contribution in [3.05, 3.63) is 40.3 Å². The van der Waals surface area contributed by atoms with Crippen LogP contribution >= 0.6 is 0 Å². The molecular formula is C66H90N12O18. The van der Waals surface area contributed by atoms with Crippen molar-refractivity contribution in [1.29, 1.82) is 0 Å². The van der Waals surface area contributed by atoms with Gasteiger partial charge in [-0.1, -0.05) is 61.5 Å². The van der Waals surface area contributed by atoms with Gasteiger partial charge in [0.2, 0.25) is 47.3 Å². The molecule has 0 aliphatic carbocycles. The Labute approximate surface area is 556 Å². The fourth-order valence-electron chi connectivity index (χ4n) is 13.1. The average molecular weight is 1340 g/mol. The molecule has 6 heterocycles. The molecule has 4 fully saturated rings. The number of hydrogen-bond acceptors (Lipinski definition) is 19. The van der Waals surface area contributed by atoms with E-state index in [1.165, 1.54) is 73.8 Å². The number of ether oxygens (including phenoxy) is 3. The molecule has 0 spiro atoms. The van der Waals surface area contributed by atoms with Gasteiger partial charge in [-0.25, -0.2) is 14.6 Å². The van der Waals surface area contributed by atoms with E-state index >= 15 is 14.4 Å². The quantitative estimate of drug-likeness (QED) is 0.118. The first kappa shape index (κ1) is 72.4. The van der Waals surface area contributed by atoms with Crippen LogP contribution in [0.3, 0.4) is 0 Å². The van der Waals surface area contributed by atoms with E-state index in [0.29, 0.717) is 18.4 Å². The van der Waals surface area contributed by atoms with E-state index in [-0.39, 0.29) is 83.3 Å². The fraction of sp³-hybridized carbons (Fsp3) is 0.606. The van der Waals surface area contributed by atoms with Crippen LogP contribution in [0.1, 0.15) is 139 Å². The van der Waals surface area contributed by atoms with Crippen molar-refractivity contribution in [2.45, 2.75) is 182 Å². The highest BCUT2D eigenvalue weighted by molar-refractivity contribution is 6.15. The summed E-state index contributed by atoms with van der Waals surface area (Å²) < 4.78 is 24.9. The first-order chi connectivity index (χ1) is 45.1. The Kier molecular flexibility index (Phi) is 22.1. The summed E-state index contributed by atoms with van der Waals surface area (Å²) in [5.74, 6) is -13.3. The van der Waals surface area contributed by atoms with Crippen molar-refractivity contribution >= 4 is 99.5 Å². The molecule has 0 saturated carbocycles. The molecule has 30 nitrogen and oxygen atoms in total. The van der Waals surface area contributed by atoms with Gasteiger partial charge in [0, 0.05) is 53.3 Å². The molecule has 2 aromatic carbocycles. The van der Waals surface area contributed by atoms with Crippen LogP contribution < -0.4 is 31.3 Å². The summed E-state index contributed by atoms with van der Waals surface area (Å²) in [4.78, 5) is 199. The van der Waals surface area contributed by atoms with Crippen molar-refractivity contribution in [2.75, 3.05) is 59.7 Å². The second-order valence-electron chi connectivity index (χ2n) is 27.0. The minimum absolute atomic E-state index is 0.0217. The zero-order valence-electron chi connectivity index (χ0n) is 57.3. The van der Waals surface area contributed by atoms with Gasteiger partial charge in [-0.05, 0) is 88.7 Å². The number of carboxylic acid groups (broad SMARTS) is 1. The molecule has 10 unspecified atom stereocenters. The Morgan fingerprint density at radius 1 is 0.625 bits per heavy atom. The molecule has 30 heteroatoms. The van der Waals surface area contributed by atoms with E-state index in [2.05, 4.69) is 31.6 Å². The van der Waals surface area contributed by atoms with E-state index in [1.807, 2.05) is 0 Å². The largest absolute Gasteiger partial charge is 0.481 e. The summed E-state index contributed by atoms with van der Waals surface area (Å²) >= 11 is 0. The minimum Gasteiger partial charge on any atom is -0.481 e. The lowest BCUT2D eigenvalue weighted by Crippen LogP contribution is -2.61. The Balaban J connectivity index is 1.22. The highest BCUT2D eigenvalue weighted by Crippen LogP contribution is 2.51. The number of amides is 10. The van der Waals surface area contributed by atoms with Crippen LogP contribution in [0.4, 0.5) is 11.4 Å². The number of nitrogens with zero attached hydrogens (tertiary/aromatic N) is 7. The van der Waals surface area contributed by atoms with E-state index < -0.39 is 186 Å². The van der Waals surface area contributed by atoms with Crippen molar-refractivity contribution in [2.24, 2.45) is 23.7 Å². The van der Waals surface area contributed by atoms with E-state index in [9.17, 15) is 53.1 Å². The molecule has 5 aliphatic heterocycles. The van der Waals surface area contributed by atoms with Crippen LogP contribution in [0.5, 0.6) is 11.5 Å². The first-order valence-electron chi connectivity index (χ1n) is 32.6. The van der Waals surface area contributed by atoms with E-state index in [4.69, 9.17) is 18.6 Å². The number of oxazole rings is 1. The predicted octanol–water partition coefficient (Wildman–Crippen LogP) is 2.54. The van der Waals surface area contributed by atoms with Gasteiger partial charge >= 0.3 is 17.9 Å². The van der Waals surface area contributed by atoms with Gasteiger partial charge in [0.1, 0.15) is 66.1 Å². The van der Waals surface area contributed by atoms with Gasteiger partial charge in [0.05, 0.1) is 42.0 Å². The molecular weight excluding hydrogens is 1250 g/mol. The van der Waals surface area contributed by atoms with Crippen LogP contribution in [-0.4, -0.2) is 231 Å². The average Bonchev–Trinajstić information content (AvgIpc) is 1.25. The van der Waals surface area contributed by atoms with Gasteiger partial charge in [-0.3, -0.25) is 52.7 Å². The number of cyclic esters (lactones) is 2. The smallest absolute Gasteiger partial charge is 0.329 e. The molecule has 522 valence electrons. The number of carboxylic acids is 1. The number of rotatable bonds is 11. The predicted molar refractivity (Wildman–Crippen MR) is 344 cm³/mol. The standard InChI is InChI=1S/C66H90N12O18/c1-29(2)45-63(89)77-25-17-19-38(77)61(87)73(13)27-41(79)75(15)52(31(5)6)65(91)93-35(11)47(59(85)69-45)71-57(83)37-22-21-33(9)54-49(37)68-51-44(50-55(34(10)56(51)96-54)95-40(67-50)23-24-43(81)82)58(84)72-48-36(12)94-66(92)53(32(7)8)76(16)42(80)28-74(14)62(88)39-20-18-26-78(39)64(90)46(30(3)4)70-60(48)86/h21-22,29-32,35-36,38-39,45-48,52-53,68H,17-20,23-28H2,1-16H3,(H,69,85)(H,70,86)(H,71,83)(H,72,84)(H,81,82). The number of carbonyl (C=O) groups excluding carboxylic acids is 12. The van der Waals surface area contributed by atoms with Crippen LogP contribution in [0, 0.1) is 37.5 Å². The Morgan fingerprint density at radius 2 is 1.08 bits per heavy atom. The molecule has 10 atom stereocenters. The molecule has 10 amide bonds. The molecule has 6 N–H and O–H groups in total. The first-order valence-corrected chi connectivity index (χ1v) is 32.6. The second-order valence-corrected chi connectivity index (χ2v) is 27.0. The van der Waals surface area contributed by atoms with Crippen molar-refractivity contribution in [1.82, 2.24) is 55.7 Å². The zero-order valence-corrected chi connectivity index (χ0v) is 57.3. The molecule has 96 heavy (non-hydrogen) atoms. The number of fused-ring (bicyclic) bond motifs is 5. The molecule has 0 bridgehead atoms. The monoisotopic (exact) mass is 1340 g/mol. The van der Waals surface area contributed by atoms with Crippen molar-refractivity contribution in [3.8, 4) is 11.5 Å². The Hall–Kier alpha value is -9.38. The SMILES string of the molecule is Cc1ccc(C(=O)NC2C(=O)NC(C(C)C)C(=O)N3CCCC3C(=O)N(C)CC(=O)N(C)C(C(C)C)C(=O)OC2C)c2c1Oc1c(c(C(=O)NC3C(=O)NC(C(C)C)C(=O)N4CCCC4C(=O)N(C)CC(=O)N(C)C(C(C)C)C(=O)OC3C)c3nc(CCC(=O)O)oc3c1C)N2. The number of hydrogen-bond donors (Lipinski definition) is 6. The molecule has 8 rings (SSSR count). The number of nitrogens with one attached hydrogen (secondary N) is 5. The van der Waals surface area contributed by atoms with E-state index in [1.54, 1.807) is 69.2 Å². The number of benzene rings is 2. The molecule has 5 aliphatic rings. The van der Waals surface area contributed by atoms with Gasteiger partial charge in [0.15, 0.2) is 23.0 Å². The van der Waals surface area contributed by atoms with Crippen LogP contribution in [-0.2, 0) is 68.6 Å². The van der Waals surface area contributed by atoms with Crippen LogP contribution in [0.25, 0.3) is 11.1 Å². The maximum Gasteiger partial charge on any atom is 0.329 e.